The first-order chi connectivity index (χ1) is 8.76. The van der Waals surface area contributed by atoms with Crippen LogP contribution in [0, 0.1) is 5.82 Å². The van der Waals surface area contributed by atoms with Crippen molar-refractivity contribution in [3.63, 3.8) is 0 Å². The Labute approximate surface area is 106 Å². The molecule has 1 heterocycles. The molecule has 2 N–H and O–H groups in total. The Morgan fingerprint density at radius 2 is 2.17 bits per heavy atom. The Balaban J connectivity index is 2.32. The van der Waals surface area contributed by atoms with E-state index in [0.717, 1.165) is 18.0 Å². The second-order valence-electron chi connectivity index (χ2n) is 4.03. The lowest BCUT2D eigenvalue weighted by Crippen LogP contribution is -2.33. The predicted octanol–water partition coefficient (Wildman–Crippen LogP) is 2.95. The largest absolute Gasteiger partial charge is 0.467 e. The molecule has 1 atom stereocenters. The SMILES string of the molecule is CCN(c1cccc(F)c1)C(CN)c1ccco1. The summed E-state index contributed by atoms with van der Waals surface area (Å²) in [5, 5.41) is 0. The summed E-state index contributed by atoms with van der Waals surface area (Å²) in [6, 6.07) is 10.2. The van der Waals surface area contributed by atoms with Crippen molar-refractivity contribution < 1.29 is 8.81 Å². The monoisotopic (exact) mass is 248 g/mol. The molecule has 0 aliphatic rings. The van der Waals surface area contributed by atoms with E-state index in [9.17, 15) is 4.39 Å². The summed E-state index contributed by atoms with van der Waals surface area (Å²) in [4.78, 5) is 2.03. The van der Waals surface area contributed by atoms with Crippen molar-refractivity contribution in [1.82, 2.24) is 0 Å². The highest BCUT2D eigenvalue weighted by molar-refractivity contribution is 5.48. The highest BCUT2D eigenvalue weighted by Crippen LogP contribution is 2.26. The predicted molar refractivity (Wildman–Crippen MR) is 69.9 cm³/mol. The number of rotatable bonds is 5. The zero-order valence-electron chi connectivity index (χ0n) is 10.3. The number of benzene rings is 1. The van der Waals surface area contributed by atoms with E-state index in [0.29, 0.717) is 6.54 Å². The van der Waals surface area contributed by atoms with E-state index in [1.807, 2.05) is 30.0 Å². The van der Waals surface area contributed by atoms with Crippen LogP contribution >= 0.6 is 0 Å². The van der Waals surface area contributed by atoms with E-state index in [2.05, 4.69) is 0 Å². The van der Waals surface area contributed by atoms with Crippen LogP contribution in [0.25, 0.3) is 0 Å². The summed E-state index contributed by atoms with van der Waals surface area (Å²) in [5.41, 5.74) is 6.63. The van der Waals surface area contributed by atoms with E-state index >= 15 is 0 Å². The molecule has 0 spiro atoms. The number of nitrogens with zero attached hydrogens (tertiary/aromatic N) is 1. The highest BCUT2D eigenvalue weighted by Gasteiger charge is 2.20. The van der Waals surface area contributed by atoms with Crippen LogP contribution < -0.4 is 10.6 Å². The van der Waals surface area contributed by atoms with Gasteiger partial charge in [-0.2, -0.15) is 0 Å². The molecule has 0 amide bonds. The molecule has 0 saturated carbocycles. The molecule has 0 fully saturated rings. The third kappa shape index (κ3) is 2.54. The zero-order chi connectivity index (χ0) is 13.0. The molecule has 0 aliphatic carbocycles. The van der Waals surface area contributed by atoms with Crippen LogP contribution in [0.2, 0.25) is 0 Å². The maximum absolute atomic E-state index is 13.3. The Kier molecular flexibility index (Phi) is 3.99. The van der Waals surface area contributed by atoms with Crippen molar-refractivity contribution in [1.29, 1.82) is 0 Å². The molecule has 1 aromatic carbocycles. The fourth-order valence-corrected chi connectivity index (χ4v) is 2.12. The van der Waals surface area contributed by atoms with Gasteiger partial charge in [0.1, 0.15) is 11.6 Å². The highest BCUT2D eigenvalue weighted by atomic mass is 19.1. The van der Waals surface area contributed by atoms with Crippen LogP contribution in [0.1, 0.15) is 18.7 Å². The number of anilines is 1. The quantitative estimate of drug-likeness (QED) is 0.884. The van der Waals surface area contributed by atoms with Gasteiger partial charge in [-0.15, -0.1) is 0 Å². The summed E-state index contributed by atoms with van der Waals surface area (Å²) in [6.45, 7) is 3.15. The van der Waals surface area contributed by atoms with E-state index < -0.39 is 0 Å². The first-order valence-corrected chi connectivity index (χ1v) is 6.02. The van der Waals surface area contributed by atoms with Crippen molar-refractivity contribution in [3.05, 3.63) is 54.2 Å². The van der Waals surface area contributed by atoms with Gasteiger partial charge in [-0.05, 0) is 37.3 Å². The van der Waals surface area contributed by atoms with Gasteiger partial charge in [0.15, 0.2) is 0 Å². The molecule has 0 radical (unpaired) electrons. The average Bonchev–Trinajstić information content (AvgIpc) is 2.89. The van der Waals surface area contributed by atoms with Crippen LogP contribution in [-0.2, 0) is 0 Å². The van der Waals surface area contributed by atoms with Gasteiger partial charge in [-0.25, -0.2) is 4.39 Å². The van der Waals surface area contributed by atoms with Crippen LogP contribution in [0.15, 0.2) is 47.1 Å². The molecule has 2 rings (SSSR count). The topological polar surface area (TPSA) is 42.4 Å². The van der Waals surface area contributed by atoms with Crippen molar-refractivity contribution in [2.75, 3.05) is 18.0 Å². The summed E-state index contributed by atoms with van der Waals surface area (Å²) < 4.78 is 18.7. The third-order valence-corrected chi connectivity index (χ3v) is 2.95. The number of hydrogen-bond donors (Lipinski definition) is 1. The first kappa shape index (κ1) is 12.6. The van der Waals surface area contributed by atoms with E-state index in [4.69, 9.17) is 10.2 Å². The van der Waals surface area contributed by atoms with Gasteiger partial charge < -0.3 is 15.1 Å². The number of hydrogen-bond acceptors (Lipinski definition) is 3. The molecule has 1 aromatic heterocycles. The maximum atomic E-state index is 13.3. The zero-order valence-corrected chi connectivity index (χ0v) is 10.3. The van der Waals surface area contributed by atoms with E-state index in [1.54, 1.807) is 12.3 Å². The number of furan rings is 1. The molecular formula is C14H17FN2O. The number of halogens is 1. The lowest BCUT2D eigenvalue weighted by Gasteiger charge is -2.30. The van der Waals surface area contributed by atoms with Crippen molar-refractivity contribution >= 4 is 5.69 Å². The van der Waals surface area contributed by atoms with Crippen LogP contribution in [-0.4, -0.2) is 13.1 Å². The molecule has 0 bridgehead atoms. The smallest absolute Gasteiger partial charge is 0.127 e. The first-order valence-electron chi connectivity index (χ1n) is 6.02. The molecule has 1 unspecified atom stereocenters. The molecule has 2 aromatic rings. The van der Waals surface area contributed by atoms with Gasteiger partial charge in [0.2, 0.25) is 0 Å². The van der Waals surface area contributed by atoms with E-state index in [-0.39, 0.29) is 11.9 Å². The fraction of sp³-hybridized carbons (Fsp3) is 0.286. The van der Waals surface area contributed by atoms with Gasteiger partial charge in [-0.1, -0.05) is 6.07 Å². The minimum Gasteiger partial charge on any atom is -0.467 e. The third-order valence-electron chi connectivity index (χ3n) is 2.95. The van der Waals surface area contributed by atoms with Gasteiger partial charge in [0.25, 0.3) is 0 Å². The second kappa shape index (κ2) is 5.69. The normalized spacial score (nSPS) is 12.4. The summed E-state index contributed by atoms with van der Waals surface area (Å²) in [5.74, 6) is 0.546. The molecule has 3 nitrogen and oxygen atoms in total. The summed E-state index contributed by atoms with van der Waals surface area (Å²) in [6.07, 6.45) is 1.62. The van der Waals surface area contributed by atoms with Crippen molar-refractivity contribution in [2.24, 2.45) is 5.73 Å². The maximum Gasteiger partial charge on any atom is 0.127 e. The Bertz CT molecular complexity index is 484. The lowest BCUT2D eigenvalue weighted by atomic mass is 10.1. The number of nitrogens with two attached hydrogens (primary N) is 1. The van der Waals surface area contributed by atoms with Gasteiger partial charge in [0, 0.05) is 18.8 Å². The van der Waals surface area contributed by atoms with Crippen LogP contribution in [0.3, 0.4) is 0 Å². The van der Waals surface area contributed by atoms with Crippen molar-refractivity contribution in [2.45, 2.75) is 13.0 Å². The lowest BCUT2D eigenvalue weighted by molar-refractivity contribution is 0.453. The van der Waals surface area contributed by atoms with Crippen molar-refractivity contribution in [3.8, 4) is 0 Å². The molecular weight excluding hydrogens is 231 g/mol. The number of likely N-dealkylation sites (N-methyl/N-ethyl adjacent to an activating group) is 1. The van der Waals surface area contributed by atoms with Crippen LogP contribution in [0.4, 0.5) is 10.1 Å². The Morgan fingerprint density at radius 3 is 2.72 bits per heavy atom. The molecule has 4 heteroatoms. The summed E-state index contributed by atoms with van der Waals surface area (Å²) >= 11 is 0. The fourth-order valence-electron chi connectivity index (χ4n) is 2.12. The summed E-state index contributed by atoms with van der Waals surface area (Å²) in [7, 11) is 0. The molecule has 0 saturated heterocycles. The minimum absolute atomic E-state index is 0.0770. The molecule has 96 valence electrons. The van der Waals surface area contributed by atoms with E-state index in [1.165, 1.54) is 12.1 Å². The average molecular weight is 248 g/mol. The minimum atomic E-state index is -0.249. The Hall–Kier alpha value is -1.81. The Morgan fingerprint density at radius 1 is 1.33 bits per heavy atom. The van der Waals surface area contributed by atoms with Gasteiger partial charge >= 0.3 is 0 Å². The van der Waals surface area contributed by atoms with Gasteiger partial charge in [0.05, 0.1) is 12.3 Å². The van der Waals surface area contributed by atoms with Gasteiger partial charge in [-0.3, -0.25) is 0 Å². The molecule has 0 aliphatic heterocycles. The molecule has 18 heavy (non-hydrogen) atoms. The standard InChI is InChI=1S/C14H17FN2O/c1-2-17(12-6-3-5-11(15)9-12)13(10-16)14-7-4-8-18-14/h3-9,13H,2,10,16H2,1H3. The second-order valence-corrected chi connectivity index (χ2v) is 4.03. The van der Waals surface area contributed by atoms with Crippen LogP contribution in [0.5, 0.6) is 0 Å².